The SMILES string of the molecule is O=S1(=O)CCC(O)(CN=C(Nc2ccccc2)N2CCCCC2)C1. The molecule has 0 aliphatic carbocycles. The van der Waals surface area contributed by atoms with Gasteiger partial charge in [0.15, 0.2) is 15.8 Å². The van der Waals surface area contributed by atoms with Crippen molar-refractivity contribution in [1.82, 2.24) is 4.90 Å². The molecule has 24 heavy (non-hydrogen) atoms. The number of sulfone groups is 1. The molecule has 0 saturated carbocycles. The summed E-state index contributed by atoms with van der Waals surface area (Å²) in [6, 6.07) is 9.79. The van der Waals surface area contributed by atoms with Gasteiger partial charge in [-0.15, -0.1) is 0 Å². The van der Waals surface area contributed by atoms with Crippen LogP contribution < -0.4 is 5.32 Å². The number of nitrogens with one attached hydrogen (secondary N) is 1. The number of hydrogen-bond donors (Lipinski definition) is 2. The van der Waals surface area contributed by atoms with Gasteiger partial charge in [0.25, 0.3) is 0 Å². The van der Waals surface area contributed by atoms with Crippen LogP contribution in [-0.2, 0) is 9.84 Å². The van der Waals surface area contributed by atoms with Crippen molar-refractivity contribution in [3.8, 4) is 0 Å². The fourth-order valence-corrected chi connectivity index (χ4v) is 5.11. The Hall–Kier alpha value is -1.60. The summed E-state index contributed by atoms with van der Waals surface area (Å²) < 4.78 is 23.3. The Labute approximate surface area is 143 Å². The number of anilines is 1. The predicted molar refractivity (Wildman–Crippen MR) is 96.0 cm³/mol. The van der Waals surface area contributed by atoms with E-state index in [2.05, 4.69) is 15.2 Å². The zero-order valence-electron chi connectivity index (χ0n) is 13.8. The molecule has 1 unspecified atom stereocenters. The molecule has 2 saturated heterocycles. The minimum atomic E-state index is -3.14. The van der Waals surface area contributed by atoms with Crippen LogP contribution in [0.25, 0.3) is 0 Å². The molecule has 1 atom stereocenters. The van der Waals surface area contributed by atoms with E-state index in [0.29, 0.717) is 0 Å². The maximum absolute atomic E-state index is 11.6. The molecule has 0 radical (unpaired) electrons. The second-order valence-corrected chi connectivity index (χ2v) is 8.93. The number of nitrogens with zero attached hydrogens (tertiary/aromatic N) is 2. The van der Waals surface area contributed by atoms with E-state index >= 15 is 0 Å². The summed E-state index contributed by atoms with van der Waals surface area (Å²) in [7, 11) is -3.14. The van der Waals surface area contributed by atoms with Gasteiger partial charge in [0.05, 0.1) is 23.7 Å². The monoisotopic (exact) mass is 351 g/mol. The van der Waals surface area contributed by atoms with E-state index in [9.17, 15) is 13.5 Å². The normalized spacial score (nSPS) is 27.2. The minimum Gasteiger partial charge on any atom is -0.387 e. The molecule has 2 aliphatic heterocycles. The largest absolute Gasteiger partial charge is 0.387 e. The van der Waals surface area contributed by atoms with Crippen molar-refractivity contribution < 1.29 is 13.5 Å². The first-order valence-corrected chi connectivity index (χ1v) is 10.3. The van der Waals surface area contributed by atoms with Crippen LogP contribution in [0.5, 0.6) is 0 Å². The summed E-state index contributed by atoms with van der Waals surface area (Å²) in [5.41, 5.74) is -0.300. The van der Waals surface area contributed by atoms with Crippen LogP contribution in [0, 0.1) is 0 Å². The average Bonchev–Trinajstić information content (AvgIpc) is 2.87. The van der Waals surface area contributed by atoms with E-state index in [4.69, 9.17) is 0 Å². The molecule has 2 N–H and O–H groups in total. The average molecular weight is 351 g/mol. The van der Waals surface area contributed by atoms with Gasteiger partial charge in [-0.1, -0.05) is 18.2 Å². The highest BCUT2D eigenvalue weighted by Gasteiger charge is 2.40. The maximum Gasteiger partial charge on any atom is 0.198 e. The highest BCUT2D eigenvalue weighted by Crippen LogP contribution is 2.24. The molecule has 6 nitrogen and oxygen atoms in total. The number of hydrogen-bond acceptors (Lipinski definition) is 4. The summed E-state index contributed by atoms with van der Waals surface area (Å²) >= 11 is 0. The molecule has 2 aliphatic rings. The van der Waals surface area contributed by atoms with Crippen molar-refractivity contribution in [2.45, 2.75) is 31.3 Å². The predicted octanol–water partition coefficient (Wildman–Crippen LogP) is 1.49. The molecule has 1 aromatic carbocycles. The third kappa shape index (κ3) is 4.48. The van der Waals surface area contributed by atoms with E-state index in [0.717, 1.165) is 37.6 Å². The molecule has 0 bridgehead atoms. The Morgan fingerprint density at radius 1 is 1.21 bits per heavy atom. The van der Waals surface area contributed by atoms with Crippen molar-refractivity contribution in [3.63, 3.8) is 0 Å². The van der Waals surface area contributed by atoms with Crippen LogP contribution >= 0.6 is 0 Å². The van der Waals surface area contributed by atoms with Gasteiger partial charge in [0.1, 0.15) is 0 Å². The Morgan fingerprint density at radius 3 is 2.54 bits per heavy atom. The molecule has 132 valence electrons. The summed E-state index contributed by atoms with van der Waals surface area (Å²) in [4.78, 5) is 6.76. The number of guanidine groups is 1. The van der Waals surface area contributed by atoms with Crippen molar-refractivity contribution >= 4 is 21.5 Å². The number of piperidine rings is 1. The fraction of sp³-hybridized carbons (Fsp3) is 0.588. The lowest BCUT2D eigenvalue weighted by Gasteiger charge is -2.31. The first-order valence-electron chi connectivity index (χ1n) is 8.50. The first kappa shape index (κ1) is 17.2. The Morgan fingerprint density at radius 2 is 1.92 bits per heavy atom. The summed E-state index contributed by atoms with van der Waals surface area (Å²) in [6.45, 7) is 1.96. The summed E-state index contributed by atoms with van der Waals surface area (Å²) in [5.74, 6) is 0.574. The zero-order valence-corrected chi connectivity index (χ0v) is 14.6. The summed E-state index contributed by atoms with van der Waals surface area (Å²) in [6.07, 6.45) is 3.72. The summed E-state index contributed by atoms with van der Waals surface area (Å²) in [5, 5.41) is 13.8. The van der Waals surface area contributed by atoms with Crippen LogP contribution in [-0.4, -0.2) is 61.1 Å². The quantitative estimate of drug-likeness (QED) is 0.637. The molecule has 0 amide bonds. The van der Waals surface area contributed by atoms with Gasteiger partial charge in [-0.2, -0.15) is 0 Å². The lowest BCUT2D eigenvalue weighted by Crippen LogP contribution is -2.42. The minimum absolute atomic E-state index is 0.0458. The van der Waals surface area contributed by atoms with E-state index < -0.39 is 15.4 Å². The highest BCUT2D eigenvalue weighted by molar-refractivity contribution is 7.91. The van der Waals surface area contributed by atoms with Crippen molar-refractivity contribution in [3.05, 3.63) is 30.3 Å². The number of likely N-dealkylation sites (tertiary alicyclic amines) is 1. The lowest BCUT2D eigenvalue weighted by atomic mass is 10.0. The van der Waals surface area contributed by atoms with Gasteiger partial charge in [-0.05, 0) is 37.8 Å². The van der Waals surface area contributed by atoms with Crippen LogP contribution in [0.3, 0.4) is 0 Å². The third-order valence-electron chi connectivity index (χ3n) is 4.58. The Kier molecular flexibility index (Phi) is 5.10. The van der Waals surface area contributed by atoms with Gasteiger partial charge in [-0.3, -0.25) is 0 Å². The van der Waals surface area contributed by atoms with Gasteiger partial charge in [-0.25, -0.2) is 13.4 Å². The number of aliphatic hydroxyl groups is 1. The zero-order chi connectivity index (χ0) is 17.0. The van der Waals surface area contributed by atoms with Crippen LogP contribution in [0.4, 0.5) is 5.69 Å². The van der Waals surface area contributed by atoms with E-state index in [-0.39, 0.29) is 24.5 Å². The van der Waals surface area contributed by atoms with E-state index in [1.165, 1.54) is 6.42 Å². The fourth-order valence-electron chi connectivity index (χ4n) is 3.22. The van der Waals surface area contributed by atoms with Crippen LogP contribution in [0.2, 0.25) is 0 Å². The molecular weight excluding hydrogens is 326 g/mol. The van der Waals surface area contributed by atoms with E-state index in [1.54, 1.807) is 0 Å². The van der Waals surface area contributed by atoms with Crippen molar-refractivity contribution in [1.29, 1.82) is 0 Å². The second-order valence-electron chi connectivity index (χ2n) is 6.74. The molecule has 1 aromatic rings. The van der Waals surface area contributed by atoms with Crippen LogP contribution in [0.1, 0.15) is 25.7 Å². The molecule has 7 heteroatoms. The van der Waals surface area contributed by atoms with Gasteiger partial charge < -0.3 is 15.3 Å². The number of rotatable bonds is 3. The lowest BCUT2D eigenvalue weighted by molar-refractivity contribution is 0.0772. The van der Waals surface area contributed by atoms with Crippen molar-refractivity contribution in [2.75, 3.05) is 36.5 Å². The number of para-hydroxylation sites is 1. The Bertz CT molecular complexity index is 684. The smallest absolute Gasteiger partial charge is 0.198 e. The number of aliphatic imine (C=N–C) groups is 1. The topological polar surface area (TPSA) is 82.0 Å². The molecule has 2 fully saturated rings. The molecular formula is C17H25N3O3S. The third-order valence-corrected chi connectivity index (χ3v) is 6.38. The first-order chi connectivity index (χ1) is 11.5. The molecule has 3 rings (SSSR count). The highest BCUT2D eigenvalue weighted by atomic mass is 32.2. The second kappa shape index (κ2) is 7.11. The molecule has 2 heterocycles. The molecule has 0 spiro atoms. The Balaban J connectivity index is 1.75. The van der Waals surface area contributed by atoms with Gasteiger partial charge in [0, 0.05) is 18.8 Å². The molecule has 0 aromatic heterocycles. The van der Waals surface area contributed by atoms with Gasteiger partial charge >= 0.3 is 0 Å². The van der Waals surface area contributed by atoms with Crippen molar-refractivity contribution in [2.24, 2.45) is 4.99 Å². The maximum atomic E-state index is 11.6. The number of benzene rings is 1. The van der Waals surface area contributed by atoms with Gasteiger partial charge in [0.2, 0.25) is 0 Å². The van der Waals surface area contributed by atoms with Crippen LogP contribution in [0.15, 0.2) is 35.3 Å². The van der Waals surface area contributed by atoms with E-state index in [1.807, 2.05) is 30.3 Å². The standard InChI is InChI=1S/C17H25N3O3S/c21-17(9-12-24(22,23)14-17)13-18-16(20-10-5-2-6-11-20)19-15-7-3-1-4-8-15/h1,3-4,7-8,21H,2,5-6,9-14H2,(H,18,19).